The maximum absolute atomic E-state index is 11.3. The summed E-state index contributed by atoms with van der Waals surface area (Å²) in [4.78, 5) is 32.8. The van der Waals surface area contributed by atoms with Gasteiger partial charge in [0.2, 0.25) is 5.91 Å². The van der Waals surface area contributed by atoms with Crippen molar-refractivity contribution in [2.75, 3.05) is 11.9 Å². The van der Waals surface area contributed by atoms with Gasteiger partial charge in [0.05, 0.1) is 13.0 Å². The van der Waals surface area contributed by atoms with E-state index in [0.29, 0.717) is 12.3 Å². The van der Waals surface area contributed by atoms with E-state index in [1.54, 1.807) is 31.2 Å². The largest absolute Gasteiger partial charge is 0.478 e. The normalized spacial score (nSPS) is 10.2. The number of carbonyl (C=O) groups is 3. The second kappa shape index (κ2) is 7.73. The molecule has 20 heavy (non-hydrogen) atoms. The van der Waals surface area contributed by atoms with Crippen molar-refractivity contribution in [3.63, 3.8) is 0 Å². The minimum Gasteiger partial charge on any atom is -0.478 e. The van der Waals surface area contributed by atoms with E-state index in [4.69, 9.17) is 9.84 Å². The van der Waals surface area contributed by atoms with Crippen molar-refractivity contribution in [1.82, 2.24) is 0 Å². The highest BCUT2D eigenvalue weighted by atomic mass is 16.5. The molecule has 0 aromatic heterocycles. The minimum absolute atomic E-state index is 0.168. The summed E-state index contributed by atoms with van der Waals surface area (Å²) in [7, 11) is 0. The van der Waals surface area contributed by atoms with E-state index in [2.05, 4.69) is 5.32 Å². The van der Waals surface area contributed by atoms with E-state index in [1.165, 1.54) is 0 Å². The van der Waals surface area contributed by atoms with Crippen LogP contribution in [-0.4, -0.2) is 29.6 Å². The molecule has 106 valence electrons. The zero-order valence-electron chi connectivity index (χ0n) is 11.0. The fraction of sp³-hybridized carbons (Fsp3) is 0.214. The van der Waals surface area contributed by atoms with Crippen LogP contribution >= 0.6 is 0 Å². The first-order valence-electron chi connectivity index (χ1n) is 5.98. The zero-order chi connectivity index (χ0) is 15.0. The average Bonchev–Trinajstić information content (AvgIpc) is 2.39. The van der Waals surface area contributed by atoms with Crippen molar-refractivity contribution >= 4 is 23.5 Å². The van der Waals surface area contributed by atoms with Crippen molar-refractivity contribution in [1.29, 1.82) is 0 Å². The number of rotatable bonds is 6. The van der Waals surface area contributed by atoms with Gasteiger partial charge >= 0.3 is 11.9 Å². The van der Waals surface area contributed by atoms with Gasteiger partial charge in [-0.05, 0) is 24.6 Å². The highest BCUT2D eigenvalue weighted by molar-refractivity contribution is 6.02. The molecular weight excluding hydrogens is 262 g/mol. The number of benzene rings is 1. The molecule has 0 aliphatic rings. The van der Waals surface area contributed by atoms with E-state index in [0.717, 1.165) is 17.7 Å². The van der Waals surface area contributed by atoms with Crippen molar-refractivity contribution in [3.8, 4) is 0 Å². The Labute approximate surface area is 116 Å². The van der Waals surface area contributed by atoms with E-state index < -0.39 is 11.9 Å². The molecule has 1 aromatic carbocycles. The first-order chi connectivity index (χ1) is 9.51. The van der Waals surface area contributed by atoms with E-state index in [9.17, 15) is 14.4 Å². The predicted octanol–water partition coefficient (Wildman–Crippen LogP) is 1.37. The molecule has 0 saturated carbocycles. The van der Waals surface area contributed by atoms with E-state index >= 15 is 0 Å². The highest BCUT2D eigenvalue weighted by Crippen LogP contribution is 2.10. The lowest BCUT2D eigenvalue weighted by molar-refractivity contribution is -0.142. The third kappa shape index (κ3) is 5.81. The van der Waals surface area contributed by atoms with Crippen LogP contribution in [0.2, 0.25) is 0 Å². The molecule has 0 aliphatic heterocycles. The second-order valence-electron chi connectivity index (χ2n) is 3.84. The van der Waals surface area contributed by atoms with Gasteiger partial charge in [0.15, 0.2) is 0 Å². The maximum atomic E-state index is 11.3. The van der Waals surface area contributed by atoms with Crippen molar-refractivity contribution in [2.24, 2.45) is 0 Å². The van der Waals surface area contributed by atoms with Crippen LogP contribution in [0, 0.1) is 0 Å². The first-order valence-corrected chi connectivity index (χ1v) is 5.98. The van der Waals surface area contributed by atoms with E-state index in [-0.39, 0.29) is 12.4 Å². The minimum atomic E-state index is -1.19. The van der Waals surface area contributed by atoms with Crippen LogP contribution in [0.4, 0.5) is 5.69 Å². The van der Waals surface area contributed by atoms with Crippen molar-refractivity contribution in [2.45, 2.75) is 13.3 Å². The molecule has 0 spiro atoms. The summed E-state index contributed by atoms with van der Waals surface area (Å²) in [5.74, 6) is -2.04. The molecule has 1 rings (SSSR count). The van der Waals surface area contributed by atoms with Crippen LogP contribution in [-0.2, 0) is 25.5 Å². The predicted molar refractivity (Wildman–Crippen MR) is 72.2 cm³/mol. The number of carbonyl (C=O) groups excluding carboxylic acids is 2. The lowest BCUT2D eigenvalue weighted by atomic mass is 10.1. The van der Waals surface area contributed by atoms with Crippen molar-refractivity contribution < 1.29 is 24.2 Å². The summed E-state index contributed by atoms with van der Waals surface area (Å²) in [5.41, 5.74) is 1.28. The van der Waals surface area contributed by atoms with Crippen LogP contribution < -0.4 is 5.32 Å². The zero-order valence-corrected chi connectivity index (χ0v) is 11.0. The molecule has 0 aliphatic carbocycles. The van der Waals surface area contributed by atoms with Crippen LogP contribution in [0.3, 0.4) is 0 Å². The SMILES string of the molecule is CCOC(=O)Cc1ccc(NC(=O)/C=C/C(=O)O)cc1. The Balaban J connectivity index is 2.56. The number of carboxylic acids is 1. The molecule has 0 bridgehead atoms. The Morgan fingerprint density at radius 1 is 1.20 bits per heavy atom. The Kier molecular flexibility index (Phi) is 5.96. The third-order valence-electron chi connectivity index (χ3n) is 2.25. The topological polar surface area (TPSA) is 92.7 Å². The van der Waals surface area contributed by atoms with Crippen LogP contribution in [0.15, 0.2) is 36.4 Å². The summed E-state index contributed by atoms with van der Waals surface area (Å²) >= 11 is 0. The molecule has 0 fully saturated rings. The molecule has 0 unspecified atom stereocenters. The number of amides is 1. The summed E-state index contributed by atoms with van der Waals surface area (Å²) in [5, 5.41) is 10.9. The van der Waals surface area contributed by atoms with Gasteiger partial charge in [0, 0.05) is 17.8 Å². The first kappa shape index (κ1) is 15.4. The number of carboxylic acid groups (broad SMARTS) is 1. The summed E-state index contributed by atoms with van der Waals surface area (Å²) in [6.45, 7) is 2.07. The van der Waals surface area contributed by atoms with Crippen molar-refractivity contribution in [3.05, 3.63) is 42.0 Å². The Morgan fingerprint density at radius 2 is 1.85 bits per heavy atom. The summed E-state index contributed by atoms with van der Waals surface area (Å²) < 4.78 is 4.82. The van der Waals surface area contributed by atoms with Crippen LogP contribution in [0.1, 0.15) is 12.5 Å². The molecule has 6 heteroatoms. The number of aliphatic carboxylic acids is 1. The molecule has 2 N–H and O–H groups in total. The van der Waals surface area contributed by atoms with Gasteiger partial charge < -0.3 is 15.2 Å². The molecule has 1 aromatic rings. The molecule has 6 nitrogen and oxygen atoms in total. The van der Waals surface area contributed by atoms with Gasteiger partial charge in [0.1, 0.15) is 0 Å². The Hall–Kier alpha value is -2.63. The fourth-order valence-corrected chi connectivity index (χ4v) is 1.42. The van der Waals surface area contributed by atoms with Gasteiger partial charge in [-0.25, -0.2) is 4.79 Å². The average molecular weight is 277 g/mol. The Bertz CT molecular complexity index is 519. The number of esters is 1. The third-order valence-corrected chi connectivity index (χ3v) is 2.25. The van der Waals surface area contributed by atoms with E-state index in [1.807, 2.05) is 0 Å². The number of anilines is 1. The summed E-state index contributed by atoms with van der Waals surface area (Å²) in [6.07, 6.45) is 1.85. The highest BCUT2D eigenvalue weighted by Gasteiger charge is 2.04. The standard InChI is InChI=1S/C14H15NO5/c1-2-20-14(19)9-10-3-5-11(6-4-10)15-12(16)7-8-13(17)18/h3-8H,2,9H2,1H3,(H,15,16)(H,17,18)/b8-7+. The van der Waals surface area contributed by atoms with Crippen LogP contribution in [0.5, 0.6) is 0 Å². The number of nitrogens with one attached hydrogen (secondary N) is 1. The number of ether oxygens (including phenoxy) is 1. The van der Waals surface area contributed by atoms with Gasteiger partial charge in [-0.15, -0.1) is 0 Å². The number of hydrogen-bond acceptors (Lipinski definition) is 4. The maximum Gasteiger partial charge on any atom is 0.328 e. The molecule has 0 heterocycles. The summed E-state index contributed by atoms with van der Waals surface area (Å²) in [6, 6.07) is 6.63. The monoisotopic (exact) mass is 277 g/mol. The molecular formula is C14H15NO5. The lowest BCUT2D eigenvalue weighted by Crippen LogP contribution is -2.09. The fourth-order valence-electron chi connectivity index (χ4n) is 1.42. The van der Waals surface area contributed by atoms with Gasteiger partial charge in [-0.1, -0.05) is 12.1 Å². The molecule has 0 radical (unpaired) electrons. The molecule has 0 atom stereocenters. The Morgan fingerprint density at radius 3 is 2.40 bits per heavy atom. The number of hydrogen-bond donors (Lipinski definition) is 2. The van der Waals surface area contributed by atoms with Crippen LogP contribution in [0.25, 0.3) is 0 Å². The molecule has 1 amide bonds. The molecule has 0 saturated heterocycles. The van der Waals surface area contributed by atoms with Gasteiger partial charge in [-0.3, -0.25) is 9.59 Å². The smallest absolute Gasteiger partial charge is 0.328 e. The van der Waals surface area contributed by atoms with Gasteiger partial charge in [0.25, 0.3) is 0 Å². The quantitative estimate of drug-likeness (QED) is 0.605. The van der Waals surface area contributed by atoms with Gasteiger partial charge in [-0.2, -0.15) is 0 Å². The lowest BCUT2D eigenvalue weighted by Gasteiger charge is -2.04. The second-order valence-corrected chi connectivity index (χ2v) is 3.84.